The van der Waals surface area contributed by atoms with Crippen LogP contribution in [0.2, 0.25) is 10.0 Å². The van der Waals surface area contributed by atoms with Gasteiger partial charge < -0.3 is 21.3 Å². The monoisotopic (exact) mass is 976 g/mol. The molecule has 14 nitrogen and oxygen atoms in total. The molecule has 5 rings (SSSR count). The topological polar surface area (TPSA) is 200 Å². The van der Waals surface area contributed by atoms with Gasteiger partial charge in [-0.3, -0.25) is 28.8 Å². The van der Waals surface area contributed by atoms with Crippen LogP contribution in [0.25, 0.3) is 0 Å². The van der Waals surface area contributed by atoms with E-state index in [0.29, 0.717) is 41.5 Å². The van der Waals surface area contributed by atoms with Crippen LogP contribution in [0.15, 0.2) is 124 Å². The maximum absolute atomic E-state index is 13.5. The third kappa shape index (κ3) is 15.0. The summed E-state index contributed by atoms with van der Waals surface area (Å²) in [6.45, 7) is 2.35. The van der Waals surface area contributed by atoms with Gasteiger partial charge in [0.05, 0.1) is 11.4 Å². The van der Waals surface area contributed by atoms with E-state index in [-0.39, 0.29) is 56.2 Å². The van der Waals surface area contributed by atoms with E-state index in [2.05, 4.69) is 41.7 Å². The van der Waals surface area contributed by atoms with E-state index in [9.17, 15) is 28.8 Å². The van der Waals surface area contributed by atoms with Crippen molar-refractivity contribution in [3.63, 3.8) is 0 Å². The van der Waals surface area contributed by atoms with Crippen molar-refractivity contribution in [1.82, 2.24) is 0 Å². The van der Waals surface area contributed by atoms with Crippen molar-refractivity contribution >= 4 is 127 Å². The van der Waals surface area contributed by atoms with Crippen molar-refractivity contribution < 1.29 is 28.8 Å². The summed E-state index contributed by atoms with van der Waals surface area (Å²) in [5.41, 5.74) is 4.51. The molecule has 5 aromatic rings. The number of hydrogen-bond donors (Lipinski definition) is 4. The molecule has 0 bridgehead atoms. The second-order valence-corrected chi connectivity index (χ2v) is 16.3. The van der Waals surface area contributed by atoms with Gasteiger partial charge in [-0.05, 0) is 129 Å². The molecule has 0 saturated heterocycles. The van der Waals surface area contributed by atoms with Gasteiger partial charge >= 0.3 is 0 Å². The molecule has 0 radical (unpaired) electrons. The number of nitrogens with zero attached hydrogens (tertiary/aromatic N) is 4. The van der Waals surface area contributed by atoms with Gasteiger partial charge in [0.15, 0.2) is 11.6 Å². The molecule has 19 heteroatoms. The molecule has 0 aliphatic rings. The molecule has 0 heterocycles. The molecule has 0 saturated carbocycles. The van der Waals surface area contributed by atoms with Gasteiger partial charge in [-0.2, -0.15) is 20.5 Å². The minimum absolute atomic E-state index is 0.115. The summed E-state index contributed by atoms with van der Waals surface area (Å²) in [7, 11) is 0. The fourth-order valence-corrected chi connectivity index (χ4v) is 7.26. The Morgan fingerprint density at radius 2 is 0.954 bits per heavy atom. The number of halogens is 5. The van der Waals surface area contributed by atoms with E-state index in [0.717, 1.165) is 11.1 Å². The molecule has 0 aliphatic heterocycles. The SMILES string of the molecule is CC(=O)C(N=Nc1cc(Cl)cc(C(=O)Nc2cccc(CCCl)c2)c1)C(=O)Nc1ccc(NC(=O)C(N=Nc2cc(Cl)cc(C(=O)Nc3cccc(CCCl)c3)c2)C(C)=O)c(CCCl)c1. The van der Waals surface area contributed by atoms with Crippen LogP contribution in [0.5, 0.6) is 0 Å². The first-order valence-corrected chi connectivity index (χ1v) is 22.2. The molecule has 4 N–H and O–H groups in total. The average molecular weight is 979 g/mol. The highest BCUT2D eigenvalue weighted by atomic mass is 35.5. The number of benzene rings is 5. The highest BCUT2D eigenvalue weighted by Gasteiger charge is 2.26. The van der Waals surface area contributed by atoms with Gasteiger partial charge in [0.1, 0.15) is 0 Å². The third-order valence-corrected chi connectivity index (χ3v) is 10.3. The molecule has 4 amide bonds. The highest BCUT2D eigenvalue weighted by molar-refractivity contribution is 6.31. The lowest BCUT2D eigenvalue weighted by molar-refractivity contribution is -0.127. The summed E-state index contributed by atoms with van der Waals surface area (Å²) in [5.74, 6) is -2.88. The van der Waals surface area contributed by atoms with E-state index in [4.69, 9.17) is 58.0 Å². The Bertz CT molecular complexity index is 2660. The second kappa shape index (κ2) is 24.3. The first-order chi connectivity index (χ1) is 31.1. The highest BCUT2D eigenvalue weighted by Crippen LogP contribution is 2.27. The maximum atomic E-state index is 13.5. The van der Waals surface area contributed by atoms with Crippen LogP contribution in [0.3, 0.4) is 0 Å². The first-order valence-electron chi connectivity index (χ1n) is 19.8. The van der Waals surface area contributed by atoms with Crippen LogP contribution in [-0.2, 0) is 38.4 Å². The van der Waals surface area contributed by atoms with E-state index < -0.39 is 47.3 Å². The molecule has 0 aliphatic carbocycles. The van der Waals surface area contributed by atoms with Gasteiger partial charge in [0.2, 0.25) is 12.1 Å². The standard InChI is InChI=1S/C46H41Cl5N8O6/c1-26(60)41(58-56-38-22-31(19-33(50)24-38)43(62)52-35-7-3-5-28(17-35)11-14-47)45(64)54-37-9-10-40(30(21-37)13-16-49)55-46(65)42(27(2)61)59-57-39-23-32(20-34(51)25-39)44(63)53-36-8-4-6-29(18-36)12-15-48/h3-10,17-25,41-42H,11-16H2,1-2H3,(H,52,62)(H,53,63)(H,54,64)(H,55,65). The van der Waals surface area contributed by atoms with Crippen molar-refractivity contribution in [3.05, 3.63) is 141 Å². The van der Waals surface area contributed by atoms with Crippen molar-refractivity contribution in [2.45, 2.75) is 45.2 Å². The van der Waals surface area contributed by atoms with Crippen molar-refractivity contribution in [2.75, 3.05) is 38.9 Å². The van der Waals surface area contributed by atoms with Crippen LogP contribution in [0.1, 0.15) is 51.3 Å². The molecule has 2 atom stereocenters. The lowest BCUT2D eigenvalue weighted by Crippen LogP contribution is -2.32. The predicted molar refractivity (Wildman–Crippen MR) is 257 cm³/mol. The van der Waals surface area contributed by atoms with Crippen molar-refractivity contribution in [1.29, 1.82) is 0 Å². The van der Waals surface area contributed by atoms with E-state index >= 15 is 0 Å². The van der Waals surface area contributed by atoms with Crippen LogP contribution < -0.4 is 21.3 Å². The number of rotatable bonds is 20. The second-order valence-electron chi connectivity index (χ2n) is 14.3. The molecule has 336 valence electrons. The lowest BCUT2D eigenvalue weighted by atomic mass is 10.1. The number of anilines is 4. The molecule has 0 fully saturated rings. The molecule has 0 spiro atoms. The van der Waals surface area contributed by atoms with Crippen LogP contribution in [-0.4, -0.2) is 64.9 Å². The number of azo groups is 2. The van der Waals surface area contributed by atoms with E-state index in [1.807, 2.05) is 12.1 Å². The van der Waals surface area contributed by atoms with Crippen LogP contribution >= 0.6 is 58.0 Å². The fourth-order valence-electron chi connectivity index (χ4n) is 6.16. The van der Waals surface area contributed by atoms with Crippen molar-refractivity contribution in [2.24, 2.45) is 20.5 Å². The van der Waals surface area contributed by atoms with Gasteiger partial charge in [-0.25, -0.2) is 0 Å². The third-order valence-electron chi connectivity index (χ3n) is 9.26. The number of alkyl halides is 3. The summed E-state index contributed by atoms with van der Waals surface area (Å²) in [6.07, 6.45) is 1.47. The Morgan fingerprint density at radius 3 is 1.40 bits per heavy atom. The lowest BCUT2D eigenvalue weighted by Gasteiger charge is -2.15. The minimum Gasteiger partial charge on any atom is -0.324 e. The van der Waals surface area contributed by atoms with E-state index in [1.54, 1.807) is 36.4 Å². The summed E-state index contributed by atoms with van der Waals surface area (Å²) in [4.78, 5) is 78.4. The molecular formula is C46H41Cl5N8O6. The van der Waals surface area contributed by atoms with Crippen molar-refractivity contribution in [3.8, 4) is 0 Å². The Hall–Kier alpha value is -6.03. The first kappa shape index (κ1) is 50.0. The molecule has 65 heavy (non-hydrogen) atoms. The minimum atomic E-state index is -1.59. The van der Waals surface area contributed by atoms with Gasteiger partial charge in [-0.1, -0.05) is 47.5 Å². The number of Topliss-reactive ketones (excluding diaryl/α,β-unsaturated/α-hetero) is 2. The zero-order valence-corrected chi connectivity index (χ0v) is 38.6. The fraction of sp³-hybridized carbons (Fsp3) is 0.217. The number of carbonyl (C=O) groups is 6. The normalized spacial score (nSPS) is 12.1. The maximum Gasteiger partial charge on any atom is 0.258 e. The van der Waals surface area contributed by atoms with Gasteiger partial charge in [-0.15, -0.1) is 34.8 Å². The number of amides is 4. The quantitative estimate of drug-likeness (QED) is 0.0340. The molecule has 2 unspecified atom stereocenters. The summed E-state index contributed by atoms with van der Waals surface area (Å²) >= 11 is 30.4. The number of nitrogens with one attached hydrogen (secondary N) is 4. The summed E-state index contributed by atoms with van der Waals surface area (Å²) in [6, 6.07) is 24.3. The Kier molecular flexibility index (Phi) is 18.7. The number of carbonyl (C=O) groups excluding carboxylic acids is 6. The largest absolute Gasteiger partial charge is 0.324 e. The van der Waals surface area contributed by atoms with Gasteiger partial charge in [0.25, 0.3) is 23.6 Å². The molecule has 5 aromatic carbocycles. The number of aryl methyl sites for hydroxylation is 3. The van der Waals surface area contributed by atoms with Crippen LogP contribution in [0.4, 0.5) is 34.1 Å². The summed E-state index contributed by atoms with van der Waals surface area (Å²) in [5, 5.41) is 27.4. The number of hydrogen-bond acceptors (Lipinski definition) is 10. The summed E-state index contributed by atoms with van der Waals surface area (Å²) < 4.78 is 0. The molecular weight excluding hydrogens is 938 g/mol. The Morgan fingerprint density at radius 1 is 0.508 bits per heavy atom. The Labute approximate surface area is 399 Å². The molecule has 0 aromatic heterocycles. The predicted octanol–water partition coefficient (Wildman–Crippen LogP) is 11.2. The van der Waals surface area contributed by atoms with Gasteiger partial charge in [0, 0.05) is 61.6 Å². The smallest absolute Gasteiger partial charge is 0.258 e. The Balaban J connectivity index is 1.26. The van der Waals surface area contributed by atoms with E-state index in [1.165, 1.54) is 68.4 Å². The number of ketones is 2. The van der Waals surface area contributed by atoms with Crippen LogP contribution in [0, 0.1) is 0 Å². The zero-order valence-electron chi connectivity index (χ0n) is 34.8. The zero-order chi connectivity index (χ0) is 47.0. The average Bonchev–Trinajstić information content (AvgIpc) is 3.24.